The second-order valence-electron chi connectivity index (χ2n) is 6.14. The Bertz CT molecular complexity index is 1010. The summed E-state index contributed by atoms with van der Waals surface area (Å²) < 4.78 is 15.8. The zero-order valence-electron chi connectivity index (χ0n) is 16.6. The van der Waals surface area contributed by atoms with E-state index >= 15 is 0 Å². The largest absolute Gasteiger partial charge is 0.497 e. The van der Waals surface area contributed by atoms with Crippen LogP contribution < -0.4 is 24.8 Å². The standard InChI is InChI=1S/C21H22N4O4/c1-13-5-8-18(28-3)17(9-13)24-20(26)14-11-22-21(23-12-14)25-16-7-6-15(27-2)10-19(16)29-4/h5-12H,1-4H3,(H,24,26)(H,22,23,25). The fourth-order valence-corrected chi connectivity index (χ4v) is 2.65. The highest BCUT2D eigenvalue weighted by atomic mass is 16.5. The van der Waals surface area contributed by atoms with Gasteiger partial charge in [0.2, 0.25) is 5.95 Å². The molecule has 2 N–H and O–H groups in total. The summed E-state index contributed by atoms with van der Waals surface area (Å²) in [5.74, 6) is 1.84. The van der Waals surface area contributed by atoms with Gasteiger partial charge in [0.25, 0.3) is 5.91 Å². The van der Waals surface area contributed by atoms with Crippen molar-refractivity contribution in [2.24, 2.45) is 0 Å². The molecule has 0 aliphatic heterocycles. The monoisotopic (exact) mass is 394 g/mol. The van der Waals surface area contributed by atoms with Crippen LogP contribution in [0.25, 0.3) is 0 Å². The van der Waals surface area contributed by atoms with Crippen LogP contribution in [0.3, 0.4) is 0 Å². The van der Waals surface area contributed by atoms with Crippen molar-refractivity contribution in [1.82, 2.24) is 9.97 Å². The normalized spacial score (nSPS) is 10.2. The second kappa shape index (κ2) is 8.92. The zero-order valence-corrected chi connectivity index (χ0v) is 16.6. The van der Waals surface area contributed by atoms with E-state index in [4.69, 9.17) is 14.2 Å². The van der Waals surface area contributed by atoms with E-state index in [9.17, 15) is 4.79 Å². The quantitative estimate of drug-likeness (QED) is 0.629. The molecule has 0 spiro atoms. The van der Waals surface area contributed by atoms with Crippen LogP contribution in [0.2, 0.25) is 0 Å². The van der Waals surface area contributed by atoms with Crippen molar-refractivity contribution in [3.8, 4) is 17.2 Å². The number of hydrogen-bond donors (Lipinski definition) is 2. The van der Waals surface area contributed by atoms with Gasteiger partial charge in [-0.05, 0) is 36.8 Å². The number of nitrogens with zero attached hydrogens (tertiary/aromatic N) is 2. The van der Waals surface area contributed by atoms with Crippen LogP contribution in [-0.4, -0.2) is 37.2 Å². The van der Waals surface area contributed by atoms with Crippen LogP contribution in [0.4, 0.5) is 17.3 Å². The third kappa shape index (κ3) is 4.73. The lowest BCUT2D eigenvalue weighted by Gasteiger charge is -2.12. The maximum atomic E-state index is 12.5. The van der Waals surface area contributed by atoms with E-state index in [1.807, 2.05) is 19.1 Å². The molecule has 0 bridgehead atoms. The van der Waals surface area contributed by atoms with Crippen LogP contribution in [0, 0.1) is 6.92 Å². The number of carbonyl (C=O) groups is 1. The van der Waals surface area contributed by atoms with Gasteiger partial charge in [0, 0.05) is 18.5 Å². The molecular formula is C21H22N4O4. The summed E-state index contributed by atoms with van der Waals surface area (Å²) in [6, 6.07) is 10.9. The Morgan fingerprint density at radius 1 is 0.862 bits per heavy atom. The molecule has 0 saturated heterocycles. The Hall–Kier alpha value is -3.81. The van der Waals surface area contributed by atoms with Crippen molar-refractivity contribution >= 4 is 23.2 Å². The Kier molecular flexibility index (Phi) is 6.13. The second-order valence-corrected chi connectivity index (χ2v) is 6.14. The van der Waals surface area contributed by atoms with Gasteiger partial charge in [0.05, 0.1) is 38.3 Å². The molecular weight excluding hydrogens is 372 g/mol. The number of carbonyl (C=O) groups excluding carboxylic acids is 1. The van der Waals surface area contributed by atoms with Gasteiger partial charge in [-0.25, -0.2) is 9.97 Å². The summed E-state index contributed by atoms with van der Waals surface area (Å²) in [5.41, 5.74) is 2.59. The third-order valence-corrected chi connectivity index (χ3v) is 4.17. The summed E-state index contributed by atoms with van der Waals surface area (Å²) >= 11 is 0. The molecule has 1 amide bonds. The van der Waals surface area contributed by atoms with Crippen molar-refractivity contribution < 1.29 is 19.0 Å². The Labute approximate surface area is 168 Å². The molecule has 0 radical (unpaired) electrons. The number of aromatic nitrogens is 2. The van der Waals surface area contributed by atoms with E-state index in [0.717, 1.165) is 5.56 Å². The highest BCUT2D eigenvalue weighted by Gasteiger charge is 2.12. The van der Waals surface area contributed by atoms with Crippen LogP contribution in [0.5, 0.6) is 17.2 Å². The number of rotatable bonds is 7. The number of methoxy groups -OCH3 is 3. The highest BCUT2D eigenvalue weighted by Crippen LogP contribution is 2.30. The van der Waals surface area contributed by atoms with Crippen LogP contribution >= 0.6 is 0 Å². The number of anilines is 3. The van der Waals surface area contributed by atoms with E-state index in [1.165, 1.54) is 12.4 Å². The molecule has 1 heterocycles. The lowest BCUT2D eigenvalue weighted by atomic mass is 10.2. The maximum absolute atomic E-state index is 12.5. The van der Waals surface area contributed by atoms with Gasteiger partial charge in [0.1, 0.15) is 17.2 Å². The Morgan fingerprint density at radius 2 is 1.59 bits per heavy atom. The van der Waals surface area contributed by atoms with Gasteiger partial charge >= 0.3 is 0 Å². The average Bonchev–Trinajstić information content (AvgIpc) is 2.74. The summed E-state index contributed by atoms with van der Waals surface area (Å²) in [5, 5.41) is 5.88. The van der Waals surface area contributed by atoms with Gasteiger partial charge in [-0.2, -0.15) is 0 Å². The first-order valence-corrected chi connectivity index (χ1v) is 8.81. The van der Waals surface area contributed by atoms with Gasteiger partial charge in [-0.3, -0.25) is 4.79 Å². The van der Waals surface area contributed by atoms with Gasteiger partial charge in [-0.15, -0.1) is 0 Å². The summed E-state index contributed by atoms with van der Waals surface area (Å²) in [6.45, 7) is 1.94. The SMILES string of the molecule is COc1ccc(Nc2ncc(C(=O)Nc3cc(C)ccc3OC)cn2)c(OC)c1. The summed E-state index contributed by atoms with van der Waals surface area (Å²) in [7, 11) is 4.70. The number of benzene rings is 2. The molecule has 0 atom stereocenters. The third-order valence-electron chi connectivity index (χ3n) is 4.17. The molecule has 0 fully saturated rings. The number of ether oxygens (including phenoxy) is 3. The van der Waals surface area contributed by atoms with Crippen molar-refractivity contribution in [2.45, 2.75) is 6.92 Å². The average molecular weight is 394 g/mol. The van der Waals surface area contributed by atoms with E-state index in [2.05, 4.69) is 20.6 Å². The molecule has 150 valence electrons. The predicted octanol–water partition coefficient (Wildman–Crippen LogP) is 3.81. The fourth-order valence-electron chi connectivity index (χ4n) is 2.65. The topological polar surface area (TPSA) is 94.6 Å². The molecule has 1 aromatic heterocycles. The maximum Gasteiger partial charge on any atom is 0.258 e. The number of amides is 1. The molecule has 0 aliphatic carbocycles. The molecule has 0 aliphatic rings. The number of aryl methyl sites for hydroxylation is 1. The van der Waals surface area contributed by atoms with E-state index in [1.54, 1.807) is 45.6 Å². The van der Waals surface area contributed by atoms with Crippen LogP contribution in [0.15, 0.2) is 48.8 Å². The van der Waals surface area contributed by atoms with Crippen molar-refractivity contribution in [2.75, 3.05) is 32.0 Å². The predicted molar refractivity (Wildman–Crippen MR) is 111 cm³/mol. The van der Waals surface area contributed by atoms with E-state index in [0.29, 0.717) is 40.1 Å². The van der Waals surface area contributed by atoms with Crippen molar-refractivity contribution in [1.29, 1.82) is 0 Å². The van der Waals surface area contributed by atoms with E-state index < -0.39 is 0 Å². The molecule has 3 rings (SSSR count). The lowest BCUT2D eigenvalue weighted by Crippen LogP contribution is -2.14. The molecule has 3 aromatic rings. The first-order valence-electron chi connectivity index (χ1n) is 8.81. The molecule has 0 unspecified atom stereocenters. The zero-order chi connectivity index (χ0) is 20.8. The number of nitrogens with one attached hydrogen (secondary N) is 2. The highest BCUT2D eigenvalue weighted by molar-refractivity contribution is 6.04. The molecule has 8 nitrogen and oxygen atoms in total. The first-order chi connectivity index (χ1) is 14.0. The Balaban J connectivity index is 1.73. The van der Waals surface area contributed by atoms with Gasteiger partial charge < -0.3 is 24.8 Å². The minimum absolute atomic E-state index is 0.320. The number of hydrogen-bond acceptors (Lipinski definition) is 7. The van der Waals surface area contributed by atoms with E-state index in [-0.39, 0.29) is 5.91 Å². The molecule has 2 aromatic carbocycles. The van der Waals surface area contributed by atoms with Crippen molar-refractivity contribution in [3.63, 3.8) is 0 Å². The smallest absolute Gasteiger partial charge is 0.258 e. The van der Waals surface area contributed by atoms with Gasteiger partial charge in [-0.1, -0.05) is 6.07 Å². The van der Waals surface area contributed by atoms with Gasteiger partial charge in [0.15, 0.2) is 0 Å². The summed E-state index contributed by atoms with van der Waals surface area (Å²) in [6.07, 6.45) is 2.89. The van der Waals surface area contributed by atoms with Crippen LogP contribution in [-0.2, 0) is 0 Å². The molecule has 8 heteroatoms. The minimum atomic E-state index is -0.331. The minimum Gasteiger partial charge on any atom is -0.497 e. The first kappa shape index (κ1) is 19.9. The molecule has 29 heavy (non-hydrogen) atoms. The van der Waals surface area contributed by atoms with Crippen LogP contribution in [0.1, 0.15) is 15.9 Å². The lowest BCUT2D eigenvalue weighted by molar-refractivity contribution is 0.102. The van der Waals surface area contributed by atoms with Crippen molar-refractivity contribution in [3.05, 3.63) is 59.9 Å². The summed E-state index contributed by atoms with van der Waals surface area (Å²) in [4.78, 5) is 21.0. The fraction of sp³-hybridized carbons (Fsp3) is 0.190. The Morgan fingerprint density at radius 3 is 2.24 bits per heavy atom. The molecule has 0 saturated carbocycles.